The zero-order chi connectivity index (χ0) is 22.2. The maximum atomic E-state index is 12.8. The molecule has 9 nitrogen and oxygen atoms in total. The van der Waals surface area contributed by atoms with Crippen LogP contribution >= 0.6 is 0 Å². The number of amides is 1. The molecule has 1 atom stereocenters. The zero-order valence-corrected chi connectivity index (χ0v) is 18.1. The van der Waals surface area contributed by atoms with Gasteiger partial charge in [-0.25, -0.2) is 9.97 Å². The molecule has 9 heteroatoms. The minimum Gasteiger partial charge on any atom is -0.491 e. The third-order valence-corrected chi connectivity index (χ3v) is 5.27. The molecule has 2 aromatic rings. The predicted octanol–water partition coefficient (Wildman–Crippen LogP) is 1.15. The standard InChI is InChI=1S/C22H31N5O4/c1-14-19(22(29)25-11-15-6-8-30-9-7-15)26-21(27-20(14)23)16-4-3-5-18(10-16)31-13-17(28)12-24-2/h3-5,10,15,17,24,28H,6-9,11-13H2,1-2H3,(H,25,29)(H2,23,26,27). The SMILES string of the molecule is CNCC(O)COc1cccc(-c2nc(N)c(C)c(C(=O)NCC3CCOCC3)n2)c1. The molecule has 2 heterocycles. The van der Waals surface area contributed by atoms with Crippen LogP contribution in [0.5, 0.6) is 5.75 Å². The fraction of sp³-hybridized carbons (Fsp3) is 0.500. The smallest absolute Gasteiger partial charge is 0.270 e. The van der Waals surface area contributed by atoms with E-state index in [1.807, 2.05) is 6.07 Å². The highest BCUT2D eigenvalue weighted by Crippen LogP contribution is 2.24. The van der Waals surface area contributed by atoms with Crippen LogP contribution in [-0.2, 0) is 4.74 Å². The number of carbonyl (C=O) groups is 1. The number of aromatic nitrogens is 2. The topological polar surface area (TPSA) is 132 Å². The lowest BCUT2D eigenvalue weighted by atomic mass is 10.0. The van der Waals surface area contributed by atoms with Crippen molar-refractivity contribution in [2.45, 2.75) is 25.9 Å². The monoisotopic (exact) mass is 429 g/mol. The van der Waals surface area contributed by atoms with Crippen LogP contribution in [0.1, 0.15) is 28.9 Å². The first-order chi connectivity index (χ1) is 15.0. The van der Waals surface area contributed by atoms with Crippen molar-refractivity contribution in [1.29, 1.82) is 0 Å². The number of nitrogens with zero attached hydrogens (tertiary/aromatic N) is 2. The van der Waals surface area contributed by atoms with Crippen molar-refractivity contribution >= 4 is 11.7 Å². The van der Waals surface area contributed by atoms with Crippen molar-refractivity contribution in [2.75, 3.05) is 45.7 Å². The van der Waals surface area contributed by atoms with E-state index in [1.165, 1.54) is 0 Å². The van der Waals surface area contributed by atoms with Crippen molar-refractivity contribution in [3.8, 4) is 17.1 Å². The quantitative estimate of drug-likeness (QED) is 0.467. The van der Waals surface area contributed by atoms with E-state index in [9.17, 15) is 9.90 Å². The number of nitrogen functional groups attached to an aromatic ring is 1. The Morgan fingerprint density at radius 2 is 2.13 bits per heavy atom. The third kappa shape index (κ3) is 6.36. The van der Waals surface area contributed by atoms with Gasteiger partial charge in [0.15, 0.2) is 5.82 Å². The fourth-order valence-corrected chi connectivity index (χ4v) is 3.37. The first-order valence-corrected chi connectivity index (χ1v) is 10.5. The van der Waals surface area contributed by atoms with Crippen LogP contribution in [0, 0.1) is 12.8 Å². The van der Waals surface area contributed by atoms with Gasteiger partial charge in [-0.3, -0.25) is 4.79 Å². The molecule has 31 heavy (non-hydrogen) atoms. The predicted molar refractivity (Wildman–Crippen MR) is 118 cm³/mol. The van der Waals surface area contributed by atoms with Gasteiger partial charge in [-0.15, -0.1) is 0 Å². The number of benzene rings is 1. The van der Waals surface area contributed by atoms with E-state index in [2.05, 4.69) is 20.6 Å². The summed E-state index contributed by atoms with van der Waals surface area (Å²) in [4.78, 5) is 21.7. The van der Waals surface area contributed by atoms with Crippen LogP contribution in [0.15, 0.2) is 24.3 Å². The van der Waals surface area contributed by atoms with E-state index in [4.69, 9.17) is 15.2 Å². The van der Waals surface area contributed by atoms with Crippen LogP contribution in [0.25, 0.3) is 11.4 Å². The molecule has 0 bridgehead atoms. The maximum absolute atomic E-state index is 12.8. The number of likely N-dealkylation sites (N-methyl/N-ethyl adjacent to an activating group) is 1. The summed E-state index contributed by atoms with van der Waals surface area (Å²) in [5, 5.41) is 15.7. The van der Waals surface area contributed by atoms with Crippen LogP contribution in [-0.4, -0.2) is 67.0 Å². The van der Waals surface area contributed by atoms with Crippen LogP contribution in [0.2, 0.25) is 0 Å². The van der Waals surface area contributed by atoms with E-state index >= 15 is 0 Å². The summed E-state index contributed by atoms with van der Waals surface area (Å²) in [6.45, 7) is 4.37. The highest BCUT2D eigenvalue weighted by atomic mass is 16.5. The van der Waals surface area contributed by atoms with Crippen molar-refractivity contribution in [3.05, 3.63) is 35.5 Å². The number of nitrogens with two attached hydrogens (primary N) is 1. The Bertz CT molecular complexity index is 886. The van der Waals surface area contributed by atoms with E-state index in [1.54, 1.807) is 32.2 Å². The molecule has 1 aromatic heterocycles. The molecule has 1 aliphatic heterocycles. The molecule has 1 aromatic carbocycles. The first kappa shape index (κ1) is 22.9. The molecule has 5 N–H and O–H groups in total. The van der Waals surface area contributed by atoms with Crippen LogP contribution < -0.4 is 21.1 Å². The van der Waals surface area contributed by atoms with E-state index in [0.29, 0.717) is 41.7 Å². The lowest BCUT2D eigenvalue weighted by Gasteiger charge is -2.22. The molecule has 3 rings (SSSR count). The van der Waals surface area contributed by atoms with Crippen LogP contribution in [0.4, 0.5) is 5.82 Å². The second kappa shape index (κ2) is 11.0. The van der Waals surface area contributed by atoms with Gasteiger partial charge in [0.2, 0.25) is 0 Å². The summed E-state index contributed by atoms with van der Waals surface area (Å²) in [6, 6.07) is 7.18. The number of ether oxygens (including phenoxy) is 2. The van der Waals surface area contributed by atoms with Gasteiger partial charge in [-0.2, -0.15) is 0 Å². The molecule has 1 aliphatic rings. The first-order valence-electron chi connectivity index (χ1n) is 10.5. The number of aliphatic hydroxyl groups excluding tert-OH is 1. The average Bonchev–Trinajstić information content (AvgIpc) is 2.79. The van der Waals surface area contributed by atoms with Gasteiger partial charge in [0.05, 0.1) is 0 Å². The lowest BCUT2D eigenvalue weighted by molar-refractivity contribution is 0.0642. The van der Waals surface area contributed by atoms with Gasteiger partial charge in [-0.1, -0.05) is 12.1 Å². The summed E-state index contributed by atoms with van der Waals surface area (Å²) in [6.07, 6.45) is 1.25. The molecular formula is C22H31N5O4. The molecule has 0 aliphatic carbocycles. The molecule has 1 fully saturated rings. The van der Waals surface area contributed by atoms with Crippen LogP contribution in [0.3, 0.4) is 0 Å². The normalized spacial score (nSPS) is 15.5. The van der Waals surface area contributed by atoms with E-state index < -0.39 is 6.10 Å². The molecule has 1 unspecified atom stereocenters. The average molecular weight is 430 g/mol. The number of rotatable bonds is 9. The molecule has 1 saturated heterocycles. The number of hydrogen-bond acceptors (Lipinski definition) is 8. The van der Waals surface area contributed by atoms with Gasteiger partial charge in [0.1, 0.15) is 30.0 Å². The Morgan fingerprint density at radius 3 is 2.87 bits per heavy atom. The fourth-order valence-electron chi connectivity index (χ4n) is 3.37. The Labute approximate surface area is 182 Å². The zero-order valence-electron chi connectivity index (χ0n) is 18.1. The van der Waals surface area contributed by atoms with Gasteiger partial charge >= 0.3 is 0 Å². The number of hydrogen-bond donors (Lipinski definition) is 4. The number of anilines is 1. The highest BCUT2D eigenvalue weighted by Gasteiger charge is 2.20. The van der Waals surface area contributed by atoms with E-state index in [-0.39, 0.29) is 24.0 Å². The Hall–Kier alpha value is -2.75. The Morgan fingerprint density at radius 1 is 1.35 bits per heavy atom. The number of nitrogens with one attached hydrogen (secondary N) is 2. The number of aliphatic hydroxyl groups is 1. The summed E-state index contributed by atoms with van der Waals surface area (Å²) in [5.41, 5.74) is 7.58. The maximum Gasteiger partial charge on any atom is 0.270 e. The second-order valence-corrected chi connectivity index (χ2v) is 7.72. The molecule has 0 radical (unpaired) electrons. The van der Waals surface area contributed by atoms with Crippen molar-refractivity contribution in [2.24, 2.45) is 5.92 Å². The molecule has 0 saturated carbocycles. The van der Waals surface area contributed by atoms with Crippen molar-refractivity contribution in [1.82, 2.24) is 20.6 Å². The molecular weight excluding hydrogens is 398 g/mol. The summed E-state index contributed by atoms with van der Waals surface area (Å²) in [5.74, 6) is 1.32. The van der Waals surface area contributed by atoms with Crippen molar-refractivity contribution in [3.63, 3.8) is 0 Å². The lowest BCUT2D eigenvalue weighted by Crippen LogP contribution is -2.33. The molecule has 1 amide bonds. The highest BCUT2D eigenvalue weighted by molar-refractivity contribution is 5.95. The Balaban J connectivity index is 1.74. The summed E-state index contributed by atoms with van der Waals surface area (Å²) in [7, 11) is 1.76. The van der Waals surface area contributed by atoms with Gasteiger partial charge < -0.3 is 30.9 Å². The van der Waals surface area contributed by atoms with E-state index in [0.717, 1.165) is 26.1 Å². The van der Waals surface area contributed by atoms with Crippen molar-refractivity contribution < 1.29 is 19.4 Å². The summed E-state index contributed by atoms with van der Waals surface area (Å²) < 4.78 is 11.0. The van der Waals surface area contributed by atoms with Gasteiger partial charge in [0, 0.05) is 37.4 Å². The van der Waals surface area contributed by atoms with Gasteiger partial charge in [0.25, 0.3) is 5.91 Å². The minimum atomic E-state index is -0.619. The second-order valence-electron chi connectivity index (χ2n) is 7.72. The third-order valence-electron chi connectivity index (χ3n) is 5.27. The number of carbonyl (C=O) groups excluding carboxylic acids is 1. The largest absolute Gasteiger partial charge is 0.491 e. The molecule has 168 valence electrons. The van der Waals surface area contributed by atoms with Gasteiger partial charge in [-0.05, 0) is 44.9 Å². The molecule has 0 spiro atoms. The minimum absolute atomic E-state index is 0.154. The summed E-state index contributed by atoms with van der Waals surface area (Å²) >= 11 is 0. The Kier molecular flexibility index (Phi) is 8.16.